The van der Waals surface area contributed by atoms with E-state index in [2.05, 4.69) is 20.1 Å². The number of hydrogen-bond donors (Lipinski definition) is 2. The van der Waals surface area contributed by atoms with Crippen LogP contribution >= 0.6 is 11.6 Å². The van der Waals surface area contributed by atoms with Gasteiger partial charge in [-0.05, 0) is 67.4 Å². The summed E-state index contributed by atoms with van der Waals surface area (Å²) in [6.07, 6.45) is 3.61. The summed E-state index contributed by atoms with van der Waals surface area (Å²) < 4.78 is 37.4. The zero-order valence-electron chi connectivity index (χ0n) is 23.1. The van der Waals surface area contributed by atoms with Gasteiger partial charge in [0.1, 0.15) is 29.9 Å². The van der Waals surface area contributed by atoms with Crippen molar-refractivity contribution in [1.29, 1.82) is 0 Å². The minimum Gasteiger partial charge on any atom is -0.508 e. The van der Waals surface area contributed by atoms with Crippen LogP contribution in [0.25, 0.3) is 32.8 Å². The van der Waals surface area contributed by atoms with Crippen molar-refractivity contribution in [2.75, 3.05) is 37.7 Å². The highest BCUT2D eigenvalue weighted by molar-refractivity contribution is 6.36. The van der Waals surface area contributed by atoms with Gasteiger partial charge in [-0.2, -0.15) is 9.97 Å². The number of aromatic hydroxyl groups is 1. The van der Waals surface area contributed by atoms with Gasteiger partial charge in [0.25, 0.3) is 0 Å². The number of phenolic OH excluding ortho intramolecular Hbond substituents is 1. The molecule has 7 nitrogen and oxygen atoms in total. The second-order valence-corrected chi connectivity index (χ2v) is 12.8. The Morgan fingerprint density at radius 2 is 1.90 bits per heavy atom. The fraction of sp³-hybridized carbons (Fsp3) is 0.438. The van der Waals surface area contributed by atoms with Crippen molar-refractivity contribution >= 4 is 39.1 Å². The van der Waals surface area contributed by atoms with Gasteiger partial charge in [0, 0.05) is 59.5 Å². The highest BCUT2D eigenvalue weighted by Gasteiger charge is 2.49. The molecule has 218 valence electrons. The minimum atomic E-state index is -0.873. The summed E-state index contributed by atoms with van der Waals surface area (Å²) in [6, 6.07) is 12.9. The van der Waals surface area contributed by atoms with E-state index in [0.29, 0.717) is 57.6 Å². The van der Waals surface area contributed by atoms with Gasteiger partial charge in [0.2, 0.25) is 0 Å². The van der Waals surface area contributed by atoms with E-state index >= 15 is 4.39 Å². The molecule has 4 saturated heterocycles. The molecule has 2 N–H and O–H groups in total. The van der Waals surface area contributed by atoms with Crippen molar-refractivity contribution in [2.45, 2.75) is 55.9 Å². The Kier molecular flexibility index (Phi) is 6.21. The molecular weight excluding hydrogens is 560 g/mol. The molecule has 0 unspecified atom stereocenters. The number of nitrogens with zero attached hydrogens (tertiary/aromatic N) is 4. The molecule has 4 aliphatic rings. The van der Waals surface area contributed by atoms with Crippen molar-refractivity contribution in [3.05, 3.63) is 53.3 Å². The second kappa shape index (κ2) is 9.89. The van der Waals surface area contributed by atoms with Crippen molar-refractivity contribution < 1.29 is 18.6 Å². The topological polar surface area (TPSA) is 73.8 Å². The normalized spacial score (nSPS) is 27.3. The molecule has 4 aromatic rings. The number of benzene rings is 3. The molecule has 5 heterocycles. The van der Waals surface area contributed by atoms with Gasteiger partial charge in [-0.3, -0.25) is 4.90 Å². The van der Waals surface area contributed by atoms with E-state index in [1.165, 1.54) is 6.07 Å². The van der Waals surface area contributed by atoms with Crippen LogP contribution in [0.5, 0.6) is 11.8 Å². The van der Waals surface area contributed by atoms with E-state index in [9.17, 15) is 9.50 Å². The highest BCUT2D eigenvalue weighted by Crippen LogP contribution is 2.43. The lowest BCUT2D eigenvalue weighted by molar-refractivity contribution is 0.107. The first-order valence-electron chi connectivity index (χ1n) is 14.8. The predicted molar refractivity (Wildman–Crippen MR) is 160 cm³/mol. The lowest BCUT2D eigenvalue weighted by Gasteiger charge is -2.34. The first-order chi connectivity index (χ1) is 20.4. The Morgan fingerprint density at radius 1 is 1.07 bits per heavy atom. The number of phenols is 1. The fourth-order valence-corrected chi connectivity index (χ4v) is 8.12. The third-order valence-electron chi connectivity index (χ3n) is 9.71. The number of piperazine rings is 1. The summed E-state index contributed by atoms with van der Waals surface area (Å²) in [6.45, 7) is 3.07. The Morgan fingerprint density at radius 3 is 2.74 bits per heavy atom. The molecule has 42 heavy (non-hydrogen) atoms. The Hall–Kier alpha value is -3.27. The second-order valence-electron chi connectivity index (χ2n) is 12.4. The third-order valence-corrected chi connectivity index (χ3v) is 10.0. The molecule has 4 aliphatic heterocycles. The molecule has 10 heteroatoms. The van der Waals surface area contributed by atoms with Gasteiger partial charge in [-0.15, -0.1) is 0 Å². The molecule has 0 radical (unpaired) electrons. The summed E-state index contributed by atoms with van der Waals surface area (Å²) in [5.74, 6) is 0.135. The first-order valence-corrected chi connectivity index (χ1v) is 15.2. The van der Waals surface area contributed by atoms with E-state index in [4.69, 9.17) is 21.3 Å². The van der Waals surface area contributed by atoms with E-state index < -0.39 is 12.0 Å². The molecule has 0 spiro atoms. The molecule has 0 saturated carbocycles. The van der Waals surface area contributed by atoms with Gasteiger partial charge in [-0.1, -0.05) is 29.8 Å². The van der Waals surface area contributed by atoms with Gasteiger partial charge >= 0.3 is 6.01 Å². The standard InChI is InChI=1S/C32H32ClF2N5O2/c33-26-4-1-3-18-11-22(41)12-25(27(18)26)23-7-8-24-29(28(23)35)37-31(38-30(24)39-15-20-5-6-21(16-39)36-20)42-17-32-9-2-10-40(32)14-19(34)13-32/h1,3-4,7-8,11-12,19-21,36,41H,2,5-6,9-10,13-17H2/t19-,20-,21+,32+/m1/s1. The number of anilines is 1. The van der Waals surface area contributed by atoms with Gasteiger partial charge in [-0.25, -0.2) is 8.78 Å². The zero-order chi connectivity index (χ0) is 28.6. The first kappa shape index (κ1) is 26.4. The molecule has 1 aromatic heterocycles. The van der Waals surface area contributed by atoms with Crippen LogP contribution in [0.2, 0.25) is 5.02 Å². The number of alkyl halides is 1. The molecular formula is C32H32ClF2N5O2. The predicted octanol–water partition coefficient (Wildman–Crippen LogP) is 5.84. The molecule has 8 rings (SSSR count). The Balaban J connectivity index is 1.26. The summed E-state index contributed by atoms with van der Waals surface area (Å²) in [4.78, 5) is 13.9. The van der Waals surface area contributed by atoms with Crippen LogP contribution in [0, 0.1) is 5.82 Å². The smallest absolute Gasteiger partial charge is 0.319 e. The lowest BCUT2D eigenvalue weighted by atomic mass is 9.95. The van der Waals surface area contributed by atoms with Crippen LogP contribution in [0.4, 0.5) is 14.6 Å². The molecule has 4 fully saturated rings. The van der Waals surface area contributed by atoms with E-state index in [1.54, 1.807) is 24.3 Å². The number of nitrogens with one attached hydrogen (secondary N) is 1. The van der Waals surface area contributed by atoms with Crippen LogP contribution in [0.1, 0.15) is 32.1 Å². The SMILES string of the molecule is Oc1cc(-c2ccc3c(N4C[C@H]5CC[C@@H](C4)N5)nc(OC[C@@]45CCCN4C[C@H](F)C5)nc3c2F)c2c(Cl)cccc2c1. The summed E-state index contributed by atoms with van der Waals surface area (Å²) >= 11 is 6.58. The lowest BCUT2D eigenvalue weighted by Crippen LogP contribution is -2.51. The number of aromatic nitrogens is 2. The monoisotopic (exact) mass is 591 g/mol. The maximum atomic E-state index is 16.7. The third kappa shape index (κ3) is 4.28. The largest absolute Gasteiger partial charge is 0.508 e. The van der Waals surface area contributed by atoms with Crippen LogP contribution in [-0.2, 0) is 0 Å². The number of rotatable bonds is 5. The number of halogens is 3. The number of ether oxygens (including phenoxy) is 1. The van der Waals surface area contributed by atoms with Crippen molar-refractivity contribution in [3.8, 4) is 22.9 Å². The number of fused-ring (bicyclic) bond motifs is 5. The summed E-state index contributed by atoms with van der Waals surface area (Å²) in [5.41, 5.74) is 0.545. The van der Waals surface area contributed by atoms with E-state index in [1.807, 2.05) is 12.1 Å². The Labute approximate surface area is 247 Å². The van der Waals surface area contributed by atoms with Crippen LogP contribution in [0.3, 0.4) is 0 Å². The fourth-order valence-electron chi connectivity index (χ4n) is 7.84. The van der Waals surface area contributed by atoms with Gasteiger partial charge in [0.05, 0.1) is 5.54 Å². The summed E-state index contributed by atoms with van der Waals surface area (Å²) in [7, 11) is 0. The van der Waals surface area contributed by atoms with Crippen molar-refractivity contribution in [2.24, 2.45) is 0 Å². The maximum Gasteiger partial charge on any atom is 0.319 e. The van der Waals surface area contributed by atoms with Crippen LogP contribution in [0.15, 0.2) is 42.5 Å². The molecule has 0 amide bonds. The average molecular weight is 592 g/mol. The highest BCUT2D eigenvalue weighted by atomic mass is 35.5. The maximum absolute atomic E-state index is 16.7. The average Bonchev–Trinajstić information content (AvgIpc) is 3.61. The summed E-state index contributed by atoms with van der Waals surface area (Å²) in [5, 5.41) is 16.6. The van der Waals surface area contributed by atoms with Crippen LogP contribution in [-0.4, -0.2) is 76.6 Å². The quantitative estimate of drug-likeness (QED) is 0.302. The van der Waals surface area contributed by atoms with Crippen molar-refractivity contribution in [1.82, 2.24) is 20.2 Å². The number of hydrogen-bond acceptors (Lipinski definition) is 7. The zero-order valence-corrected chi connectivity index (χ0v) is 23.9. The van der Waals surface area contributed by atoms with Crippen molar-refractivity contribution in [3.63, 3.8) is 0 Å². The van der Waals surface area contributed by atoms with Gasteiger partial charge < -0.3 is 20.1 Å². The minimum absolute atomic E-state index is 0.0195. The van der Waals surface area contributed by atoms with E-state index in [0.717, 1.165) is 45.3 Å². The van der Waals surface area contributed by atoms with E-state index in [-0.39, 0.29) is 35.0 Å². The van der Waals surface area contributed by atoms with Crippen LogP contribution < -0.4 is 15.0 Å². The molecule has 4 atom stereocenters. The molecule has 0 aliphatic carbocycles. The molecule has 3 aromatic carbocycles. The molecule has 2 bridgehead atoms. The van der Waals surface area contributed by atoms with Gasteiger partial charge in [0.15, 0.2) is 5.82 Å². The Bertz CT molecular complexity index is 1710.